The van der Waals surface area contributed by atoms with Crippen molar-refractivity contribution < 1.29 is 0 Å². The first-order valence-electron chi connectivity index (χ1n) is 8.67. The van der Waals surface area contributed by atoms with E-state index in [1.54, 1.807) is 17.7 Å². The van der Waals surface area contributed by atoms with E-state index in [0.29, 0.717) is 12.1 Å². The van der Waals surface area contributed by atoms with E-state index >= 15 is 0 Å². The molecule has 3 heterocycles. The van der Waals surface area contributed by atoms with Gasteiger partial charge in [0.05, 0.1) is 16.8 Å². The van der Waals surface area contributed by atoms with E-state index in [0.717, 1.165) is 34.8 Å². The summed E-state index contributed by atoms with van der Waals surface area (Å²) < 4.78 is 0. The van der Waals surface area contributed by atoms with Gasteiger partial charge in [0.15, 0.2) is 0 Å². The molecule has 0 radical (unpaired) electrons. The Morgan fingerprint density at radius 2 is 1.92 bits per heavy atom. The normalized spacial score (nSPS) is 20.8. The van der Waals surface area contributed by atoms with Crippen molar-refractivity contribution in [1.82, 2.24) is 15.3 Å². The number of anilines is 3. The van der Waals surface area contributed by atoms with Gasteiger partial charge in [0.1, 0.15) is 17.0 Å². The number of para-hydroxylation sites is 2. The lowest BCUT2D eigenvalue weighted by atomic mass is 10.1. The highest BCUT2D eigenvalue weighted by molar-refractivity contribution is 7.17. The van der Waals surface area contributed by atoms with Crippen LogP contribution in [0.25, 0.3) is 10.2 Å². The van der Waals surface area contributed by atoms with Crippen molar-refractivity contribution in [2.75, 3.05) is 23.3 Å². The van der Waals surface area contributed by atoms with E-state index in [1.807, 2.05) is 0 Å². The van der Waals surface area contributed by atoms with Gasteiger partial charge in [-0.25, -0.2) is 9.97 Å². The van der Waals surface area contributed by atoms with Crippen LogP contribution in [0.4, 0.5) is 17.2 Å². The second kappa shape index (κ2) is 6.61. The van der Waals surface area contributed by atoms with Crippen molar-refractivity contribution >= 4 is 38.7 Å². The van der Waals surface area contributed by atoms with Crippen LogP contribution in [0.15, 0.2) is 36.0 Å². The number of nitrogens with one attached hydrogen (secondary N) is 2. The third-order valence-corrected chi connectivity index (χ3v) is 5.61. The minimum atomic E-state index is 0.474. The third kappa shape index (κ3) is 3.19. The summed E-state index contributed by atoms with van der Waals surface area (Å²) in [7, 11) is 0. The van der Waals surface area contributed by atoms with E-state index in [1.165, 1.54) is 11.3 Å². The molecule has 0 bridgehead atoms. The van der Waals surface area contributed by atoms with Crippen molar-refractivity contribution in [1.29, 1.82) is 0 Å². The number of thiophene rings is 1. The molecule has 0 saturated carbocycles. The van der Waals surface area contributed by atoms with Crippen molar-refractivity contribution in [3.8, 4) is 0 Å². The molecule has 25 heavy (non-hydrogen) atoms. The fraction of sp³-hybridized carbons (Fsp3) is 0.368. The van der Waals surface area contributed by atoms with Gasteiger partial charge in [0, 0.05) is 25.2 Å². The van der Waals surface area contributed by atoms with Gasteiger partial charge >= 0.3 is 0 Å². The molecule has 1 aliphatic rings. The number of hydrogen-bond donors (Lipinski definition) is 2. The summed E-state index contributed by atoms with van der Waals surface area (Å²) in [5.74, 6) is 0.882. The summed E-state index contributed by atoms with van der Waals surface area (Å²) in [4.78, 5) is 12.4. The van der Waals surface area contributed by atoms with Crippen LogP contribution in [0.1, 0.15) is 19.4 Å². The molecule has 2 N–H and O–H groups in total. The molecule has 5 nitrogen and oxygen atoms in total. The standard InChI is InChI=1S/C19H23N5S/c1-12-10-25-19-17(12)18(20-11-21-19)23-15-6-4-5-7-16(15)24-8-13(2)22-14(3)9-24/h4-7,10-11,13-14,22H,8-9H2,1-3H3,(H,20,21,23). The first-order valence-corrected chi connectivity index (χ1v) is 9.55. The van der Waals surface area contributed by atoms with Crippen LogP contribution in [0.3, 0.4) is 0 Å². The Kier molecular flexibility index (Phi) is 4.31. The van der Waals surface area contributed by atoms with Crippen LogP contribution < -0.4 is 15.5 Å². The lowest BCUT2D eigenvalue weighted by Crippen LogP contribution is -2.54. The largest absolute Gasteiger partial charge is 0.367 e. The van der Waals surface area contributed by atoms with Crippen molar-refractivity contribution in [2.45, 2.75) is 32.9 Å². The Morgan fingerprint density at radius 1 is 1.16 bits per heavy atom. The third-order valence-electron chi connectivity index (χ3n) is 4.61. The highest BCUT2D eigenvalue weighted by atomic mass is 32.1. The zero-order valence-corrected chi connectivity index (χ0v) is 15.6. The van der Waals surface area contributed by atoms with Gasteiger partial charge in [-0.1, -0.05) is 12.1 Å². The average Bonchev–Trinajstić information content (AvgIpc) is 2.97. The quantitative estimate of drug-likeness (QED) is 0.747. The predicted octanol–water partition coefficient (Wildman–Crippen LogP) is 3.93. The van der Waals surface area contributed by atoms with Crippen molar-refractivity contribution in [3.63, 3.8) is 0 Å². The van der Waals surface area contributed by atoms with Gasteiger partial charge in [0.2, 0.25) is 0 Å². The molecule has 4 rings (SSSR count). The molecule has 1 fully saturated rings. The van der Waals surface area contributed by atoms with Crippen LogP contribution in [0.5, 0.6) is 0 Å². The number of piperazine rings is 1. The summed E-state index contributed by atoms with van der Waals surface area (Å²) in [6.45, 7) is 8.58. The molecule has 6 heteroatoms. The Hall–Kier alpha value is -2.18. The molecule has 2 aromatic heterocycles. The Balaban J connectivity index is 1.70. The molecule has 0 amide bonds. The zero-order valence-electron chi connectivity index (χ0n) is 14.8. The van der Waals surface area contributed by atoms with Crippen LogP contribution >= 0.6 is 11.3 Å². The van der Waals surface area contributed by atoms with Gasteiger partial charge in [-0.2, -0.15) is 0 Å². The summed E-state index contributed by atoms with van der Waals surface area (Å²) in [5, 5.41) is 10.4. The molecule has 1 aliphatic heterocycles. The van der Waals surface area contributed by atoms with Crippen molar-refractivity contribution in [2.24, 2.45) is 0 Å². The van der Waals surface area contributed by atoms with Gasteiger partial charge in [-0.3, -0.25) is 0 Å². The minimum absolute atomic E-state index is 0.474. The first-order chi connectivity index (χ1) is 12.1. The molecule has 130 valence electrons. The second-order valence-electron chi connectivity index (χ2n) is 6.84. The van der Waals surface area contributed by atoms with E-state index in [9.17, 15) is 0 Å². The SMILES string of the molecule is Cc1csc2ncnc(Nc3ccccc3N3CC(C)NC(C)C3)c12. The summed E-state index contributed by atoms with van der Waals surface area (Å²) >= 11 is 1.66. The smallest absolute Gasteiger partial charge is 0.142 e. The molecular formula is C19H23N5S. The van der Waals surface area contributed by atoms with Crippen molar-refractivity contribution in [3.05, 3.63) is 41.5 Å². The number of fused-ring (bicyclic) bond motifs is 1. The Labute approximate surface area is 152 Å². The fourth-order valence-electron chi connectivity index (χ4n) is 3.62. The van der Waals surface area contributed by atoms with E-state index < -0.39 is 0 Å². The number of rotatable bonds is 3. The lowest BCUT2D eigenvalue weighted by Gasteiger charge is -2.38. The number of hydrogen-bond acceptors (Lipinski definition) is 6. The summed E-state index contributed by atoms with van der Waals surface area (Å²) in [6, 6.07) is 9.43. The average molecular weight is 353 g/mol. The number of nitrogens with zero attached hydrogens (tertiary/aromatic N) is 3. The Bertz CT molecular complexity index is 880. The van der Waals surface area contributed by atoms with Crippen LogP contribution in [0, 0.1) is 6.92 Å². The summed E-state index contributed by atoms with van der Waals surface area (Å²) in [6.07, 6.45) is 1.64. The number of benzene rings is 1. The topological polar surface area (TPSA) is 53.1 Å². The molecule has 2 unspecified atom stereocenters. The molecule has 0 spiro atoms. The summed E-state index contributed by atoms with van der Waals surface area (Å²) in [5.41, 5.74) is 3.53. The monoisotopic (exact) mass is 353 g/mol. The molecule has 1 saturated heterocycles. The second-order valence-corrected chi connectivity index (χ2v) is 7.70. The lowest BCUT2D eigenvalue weighted by molar-refractivity contribution is 0.407. The maximum atomic E-state index is 4.50. The minimum Gasteiger partial charge on any atom is -0.367 e. The molecule has 0 aliphatic carbocycles. The molecular weight excluding hydrogens is 330 g/mol. The molecule has 1 aromatic carbocycles. The van der Waals surface area contributed by atoms with Gasteiger partial charge < -0.3 is 15.5 Å². The Morgan fingerprint density at radius 3 is 2.72 bits per heavy atom. The first kappa shape index (κ1) is 16.3. The zero-order chi connectivity index (χ0) is 17.4. The highest BCUT2D eigenvalue weighted by Gasteiger charge is 2.23. The molecule has 3 aromatic rings. The van der Waals surface area contributed by atoms with E-state index in [4.69, 9.17) is 0 Å². The van der Waals surface area contributed by atoms with E-state index in [2.05, 4.69) is 75.9 Å². The maximum absolute atomic E-state index is 4.50. The van der Waals surface area contributed by atoms with Gasteiger partial charge in [-0.15, -0.1) is 11.3 Å². The number of aryl methyl sites for hydroxylation is 1. The fourth-order valence-corrected chi connectivity index (χ4v) is 4.51. The van der Waals surface area contributed by atoms with Crippen LogP contribution in [0.2, 0.25) is 0 Å². The highest BCUT2D eigenvalue weighted by Crippen LogP contribution is 2.34. The predicted molar refractivity (Wildman–Crippen MR) is 106 cm³/mol. The van der Waals surface area contributed by atoms with Gasteiger partial charge in [0.25, 0.3) is 0 Å². The van der Waals surface area contributed by atoms with Gasteiger partial charge in [-0.05, 0) is 43.8 Å². The van der Waals surface area contributed by atoms with Crippen LogP contribution in [-0.4, -0.2) is 35.1 Å². The molecule has 2 atom stereocenters. The van der Waals surface area contributed by atoms with E-state index in [-0.39, 0.29) is 0 Å². The maximum Gasteiger partial charge on any atom is 0.142 e. The van der Waals surface area contributed by atoms with Crippen LogP contribution in [-0.2, 0) is 0 Å². The number of aromatic nitrogens is 2.